The predicted molar refractivity (Wildman–Crippen MR) is 74.4 cm³/mol. The van der Waals surface area contributed by atoms with E-state index in [4.69, 9.17) is 32.7 Å². The van der Waals surface area contributed by atoms with Gasteiger partial charge in [0.1, 0.15) is 11.5 Å². The first-order valence-corrected chi connectivity index (χ1v) is 6.17. The van der Waals surface area contributed by atoms with E-state index in [2.05, 4.69) is 0 Å². The molecule has 2 rings (SSSR count). The fourth-order valence-electron chi connectivity index (χ4n) is 1.49. The highest BCUT2D eigenvalue weighted by Gasteiger charge is 2.16. The van der Waals surface area contributed by atoms with E-state index in [1.165, 1.54) is 0 Å². The van der Waals surface area contributed by atoms with Gasteiger partial charge in [-0.3, -0.25) is 0 Å². The molecular weight excluding hydrogens is 287 g/mol. The fourth-order valence-corrected chi connectivity index (χ4v) is 2.05. The van der Waals surface area contributed by atoms with Crippen LogP contribution in [0.1, 0.15) is 10.4 Å². The lowest BCUT2D eigenvalue weighted by atomic mass is 10.2. The number of halogens is 2. The molecule has 98 valence electrons. The Kier molecular flexibility index (Phi) is 4.30. The predicted octanol–water partition coefficient (Wildman–Crippen LogP) is 4.22. The molecule has 0 radical (unpaired) electrons. The highest BCUT2D eigenvalue weighted by molar-refractivity contribution is 6.39. The first-order chi connectivity index (χ1) is 9.11. The van der Waals surface area contributed by atoms with Crippen LogP contribution in [0.4, 0.5) is 0 Å². The van der Waals surface area contributed by atoms with E-state index in [-0.39, 0.29) is 15.6 Å². The van der Waals surface area contributed by atoms with E-state index in [9.17, 15) is 4.79 Å². The summed E-state index contributed by atoms with van der Waals surface area (Å²) in [4.78, 5) is 12.0. The van der Waals surface area contributed by atoms with Gasteiger partial charge in [-0.05, 0) is 36.4 Å². The minimum absolute atomic E-state index is 0.154. The average molecular weight is 297 g/mol. The van der Waals surface area contributed by atoms with E-state index in [0.29, 0.717) is 11.5 Å². The van der Waals surface area contributed by atoms with Crippen molar-refractivity contribution < 1.29 is 14.3 Å². The van der Waals surface area contributed by atoms with Crippen molar-refractivity contribution in [2.75, 3.05) is 7.11 Å². The molecule has 0 atom stereocenters. The number of esters is 1. The molecule has 5 heteroatoms. The summed E-state index contributed by atoms with van der Waals surface area (Å²) in [5.74, 6) is 0.470. The van der Waals surface area contributed by atoms with Crippen LogP contribution in [0, 0.1) is 0 Å². The van der Waals surface area contributed by atoms with Crippen LogP contribution >= 0.6 is 23.2 Å². The van der Waals surface area contributed by atoms with Crippen molar-refractivity contribution in [1.29, 1.82) is 0 Å². The molecule has 0 amide bonds. The molecule has 0 saturated carbocycles. The molecule has 0 bridgehead atoms. The number of hydrogen-bond donors (Lipinski definition) is 0. The lowest BCUT2D eigenvalue weighted by Crippen LogP contribution is -2.09. The third-order valence-electron chi connectivity index (χ3n) is 2.44. The summed E-state index contributed by atoms with van der Waals surface area (Å²) in [5, 5.41) is 0.511. The van der Waals surface area contributed by atoms with Gasteiger partial charge in [0, 0.05) is 0 Å². The Bertz CT molecular complexity index is 574. The summed E-state index contributed by atoms with van der Waals surface area (Å²) in [6.45, 7) is 0. The lowest BCUT2D eigenvalue weighted by Gasteiger charge is -2.07. The van der Waals surface area contributed by atoms with Gasteiger partial charge in [0.2, 0.25) is 0 Å². The largest absolute Gasteiger partial charge is 0.497 e. The molecule has 0 fully saturated rings. The summed E-state index contributed by atoms with van der Waals surface area (Å²) in [6.07, 6.45) is 0. The van der Waals surface area contributed by atoms with Gasteiger partial charge in [-0.15, -0.1) is 0 Å². The van der Waals surface area contributed by atoms with Gasteiger partial charge in [0.05, 0.1) is 22.7 Å². The lowest BCUT2D eigenvalue weighted by molar-refractivity contribution is 0.0735. The van der Waals surface area contributed by atoms with Crippen molar-refractivity contribution in [3.63, 3.8) is 0 Å². The summed E-state index contributed by atoms with van der Waals surface area (Å²) in [6, 6.07) is 11.5. The third kappa shape index (κ3) is 3.19. The van der Waals surface area contributed by atoms with Crippen molar-refractivity contribution in [2.24, 2.45) is 0 Å². The van der Waals surface area contributed by atoms with Crippen LogP contribution in [0.25, 0.3) is 0 Å². The third-order valence-corrected chi connectivity index (χ3v) is 3.07. The van der Waals surface area contributed by atoms with Crippen LogP contribution in [0.2, 0.25) is 10.0 Å². The minimum atomic E-state index is -0.597. The Morgan fingerprint density at radius 2 is 1.47 bits per heavy atom. The maximum Gasteiger partial charge on any atom is 0.346 e. The van der Waals surface area contributed by atoms with Gasteiger partial charge in [-0.1, -0.05) is 29.3 Å². The second-order valence-corrected chi connectivity index (χ2v) is 4.48. The van der Waals surface area contributed by atoms with Crippen molar-refractivity contribution >= 4 is 29.2 Å². The van der Waals surface area contributed by atoms with Crippen LogP contribution in [0.3, 0.4) is 0 Å². The molecule has 0 aliphatic carbocycles. The molecule has 0 spiro atoms. The van der Waals surface area contributed by atoms with Crippen molar-refractivity contribution in [2.45, 2.75) is 0 Å². The van der Waals surface area contributed by atoms with Crippen LogP contribution in [-0.4, -0.2) is 13.1 Å². The highest BCUT2D eigenvalue weighted by atomic mass is 35.5. The molecule has 0 N–H and O–H groups in total. The quantitative estimate of drug-likeness (QED) is 0.628. The molecular formula is C14H10Cl2O3. The number of ether oxygens (including phenoxy) is 2. The number of carbonyl (C=O) groups is 1. The summed E-state index contributed by atoms with van der Waals surface area (Å²) < 4.78 is 10.2. The number of hydrogen-bond acceptors (Lipinski definition) is 3. The number of benzene rings is 2. The highest BCUT2D eigenvalue weighted by Crippen LogP contribution is 2.26. The molecule has 0 aliphatic rings. The fraction of sp³-hybridized carbons (Fsp3) is 0.0714. The smallest absolute Gasteiger partial charge is 0.346 e. The summed E-state index contributed by atoms with van der Waals surface area (Å²) >= 11 is 11.9. The first-order valence-electron chi connectivity index (χ1n) is 5.42. The maximum atomic E-state index is 12.0. The van der Waals surface area contributed by atoms with Crippen LogP contribution in [-0.2, 0) is 0 Å². The number of rotatable bonds is 3. The van der Waals surface area contributed by atoms with Crippen molar-refractivity contribution in [3.8, 4) is 11.5 Å². The summed E-state index contributed by atoms with van der Waals surface area (Å²) in [7, 11) is 1.56. The van der Waals surface area contributed by atoms with Gasteiger partial charge in [0.25, 0.3) is 0 Å². The minimum Gasteiger partial charge on any atom is -0.497 e. The first kappa shape index (κ1) is 13.7. The van der Waals surface area contributed by atoms with Crippen LogP contribution < -0.4 is 9.47 Å². The molecule has 0 heterocycles. The molecule has 0 aromatic heterocycles. The van der Waals surface area contributed by atoms with Crippen molar-refractivity contribution in [1.82, 2.24) is 0 Å². The Morgan fingerprint density at radius 3 is 2.00 bits per heavy atom. The van der Waals surface area contributed by atoms with Gasteiger partial charge in [0.15, 0.2) is 0 Å². The standard InChI is InChI=1S/C14H10Cl2O3/c1-18-9-5-7-10(8-6-9)19-14(17)13-11(15)3-2-4-12(13)16/h2-8H,1H3. The zero-order chi connectivity index (χ0) is 13.8. The normalized spacial score (nSPS) is 10.1. The van der Waals surface area contributed by atoms with Gasteiger partial charge < -0.3 is 9.47 Å². The molecule has 0 unspecified atom stereocenters. The van der Waals surface area contributed by atoms with Crippen LogP contribution in [0.5, 0.6) is 11.5 Å². The Hall–Kier alpha value is -1.71. The van der Waals surface area contributed by atoms with Crippen LogP contribution in [0.15, 0.2) is 42.5 Å². The van der Waals surface area contributed by atoms with Gasteiger partial charge in [-0.2, -0.15) is 0 Å². The average Bonchev–Trinajstić information content (AvgIpc) is 2.39. The van der Waals surface area contributed by atoms with E-state index < -0.39 is 5.97 Å². The SMILES string of the molecule is COc1ccc(OC(=O)c2c(Cl)cccc2Cl)cc1. The second kappa shape index (κ2) is 5.95. The molecule has 0 aliphatic heterocycles. The van der Waals surface area contributed by atoms with E-state index in [1.807, 2.05) is 0 Å². The topological polar surface area (TPSA) is 35.5 Å². The summed E-state index contributed by atoms with van der Waals surface area (Å²) in [5.41, 5.74) is 0.154. The molecule has 2 aromatic carbocycles. The number of carbonyl (C=O) groups excluding carboxylic acids is 1. The van der Waals surface area contributed by atoms with E-state index in [1.54, 1.807) is 49.6 Å². The Balaban J connectivity index is 2.21. The maximum absolute atomic E-state index is 12.0. The zero-order valence-corrected chi connectivity index (χ0v) is 11.5. The zero-order valence-electron chi connectivity index (χ0n) is 10.0. The molecule has 0 saturated heterocycles. The van der Waals surface area contributed by atoms with Gasteiger partial charge >= 0.3 is 5.97 Å². The van der Waals surface area contributed by atoms with Gasteiger partial charge in [-0.25, -0.2) is 4.79 Å². The molecule has 19 heavy (non-hydrogen) atoms. The van der Waals surface area contributed by atoms with E-state index >= 15 is 0 Å². The van der Waals surface area contributed by atoms with E-state index in [0.717, 1.165) is 0 Å². The van der Waals surface area contributed by atoms with Crippen molar-refractivity contribution in [3.05, 3.63) is 58.1 Å². The Labute approximate surface area is 120 Å². The second-order valence-electron chi connectivity index (χ2n) is 3.66. The number of methoxy groups -OCH3 is 1. The molecule has 2 aromatic rings. The molecule has 3 nitrogen and oxygen atoms in total. The Morgan fingerprint density at radius 1 is 0.947 bits per heavy atom. The monoisotopic (exact) mass is 296 g/mol.